The van der Waals surface area contributed by atoms with Gasteiger partial charge in [-0.15, -0.1) is 0 Å². The smallest absolute Gasteiger partial charge is 0.311 e. The highest BCUT2D eigenvalue weighted by Gasteiger charge is 2.19. The van der Waals surface area contributed by atoms with Gasteiger partial charge >= 0.3 is 5.97 Å². The van der Waals surface area contributed by atoms with E-state index in [1.165, 1.54) is 7.11 Å². The minimum Gasteiger partial charge on any atom is -0.469 e. The molecule has 7 heteroatoms. The topological polar surface area (TPSA) is 65.2 Å². The Kier molecular flexibility index (Phi) is 5.19. The summed E-state index contributed by atoms with van der Waals surface area (Å²) in [6.07, 6.45) is -2.84. The Morgan fingerprint density at radius 2 is 2.29 bits per heavy atom. The molecule has 0 aromatic carbocycles. The van der Waals surface area contributed by atoms with Crippen LogP contribution < -0.4 is 5.73 Å². The first-order valence-corrected chi connectivity index (χ1v) is 5.80. The van der Waals surface area contributed by atoms with Crippen molar-refractivity contribution < 1.29 is 18.3 Å². The third-order valence-corrected chi connectivity index (χ3v) is 3.08. The van der Waals surface area contributed by atoms with Crippen molar-refractivity contribution in [3.05, 3.63) is 26.6 Å². The summed E-state index contributed by atoms with van der Waals surface area (Å²) in [4.78, 5) is 14.8. The minimum atomic E-state index is -2.71. The Bertz CT molecular complexity index is 427. The summed E-state index contributed by atoms with van der Waals surface area (Å²) in [5.41, 5.74) is 5.61. The first-order valence-electron chi connectivity index (χ1n) is 4.72. The molecule has 0 saturated carbocycles. The van der Waals surface area contributed by atoms with Gasteiger partial charge in [0.05, 0.1) is 19.2 Å². The van der Waals surface area contributed by atoms with Crippen LogP contribution in [0.25, 0.3) is 0 Å². The van der Waals surface area contributed by atoms with Crippen LogP contribution in [0.4, 0.5) is 8.78 Å². The van der Waals surface area contributed by atoms with Crippen LogP contribution in [0.1, 0.15) is 23.4 Å². The van der Waals surface area contributed by atoms with Crippen molar-refractivity contribution in [2.24, 2.45) is 5.73 Å². The number of pyridine rings is 1. The molecule has 1 rings (SSSR count). The van der Waals surface area contributed by atoms with E-state index in [1.807, 2.05) is 22.6 Å². The van der Waals surface area contributed by atoms with Gasteiger partial charge in [-0.05, 0) is 28.7 Å². The van der Waals surface area contributed by atoms with Gasteiger partial charge in [0.1, 0.15) is 5.69 Å². The lowest BCUT2D eigenvalue weighted by Crippen LogP contribution is -2.12. The Morgan fingerprint density at radius 3 is 2.76 bits per heavy atom. The Balaban J connectivity index is 3.15. The average Bonchev–Trinajstić information content (AvgIpc) is 2.28. The van der Waals surface area contributed by atoms with Crippen LogP contribution in [0.5, 0.6) is 0 Å². The molecule has 0 aliphatic rings. The monoisotopic (exact) mass is 356 g/mol. The third-order valence-electron chi connectivity index (χ3n) is 2.12. The number of ether oxygens (including phenoxy) is 1. The Labute approximate surface area is 111 Å². The molecule has 0 spiro atoms. The molecular weight excluding hydrogens is 345 g/mol. The molecule has 1 heterocycles. The third kappa shape index (κ3) is 3.56. The molecule has 1 aromatic rings. The van der Waals surface area contributed by atoms with E-state index in [0.29, 0.717) is 9.13 Å². The zero-order valence-corrected chi connectivity index (χ0v) is 11.2. The summed E-state index contributed by atoms with van der Waals surface area (Å²) in [5, 5.41) is 0. The molecule has 0 amide bonds. The summed E-state index contributed by atoms with van der Waals surface area (Å²) in [6, 6.07) is 1.56. The van der Waals surface area contributed by atoms with Crippen LogP contribution in [-0.2, 0) is 22.5 Å². The number of esters is 1. The zero-order valence-electron chi connectivity index (χ0n) is 9.04. The SMILES string of the molecule is COC(=O)Cc1cc(I)c(CN)c(C(F)F)n1. The maximum absolute atomic E-state index is 12.8. The lowest BCUT2D eigenvalue weighted by molar-refractivity contribution is -0.139. The van der Waals surface area contributed by atoms with Crippen molar-refractivity contribution in [2.75, 3.05) is 7.11 Å². The number of rotatable bonds is 4. The summed E-state index contributed by atoms with van der Waals surface area (Å²) in [6.45, 7) is -0.0105. The van der Waals surface area contributed by atoms with Gasteiger partial charge in [0.2, 0.25) is 0 Å². The second-order valence-electron chi connectivity index (χ2n) is 3.22. The number of aromatic nitrogens is 1. The standard InChI is InChI=1S/C10H11F2IN2O2/c1-17-8(16)3-5-2-7(13)6(4-14)9(15-5)10(11)12/h2,10H,3-4,14H2,1H3. The van der Waals surface area contributed by atoms with Crippen molar-refractivity contribution in [1.82, 2.24) is 4.98 Å². The Morgan fingerprint density at radius 1 is 1.65 bits per heavy atom. The molecular formula is C10H11F2IN2O2. The van der Waals surface area contributed by atoms with E-state index >= 15 is 0 Å². The molecule has 0 radical (unpaired) electrons. The second-order valence-corrected chi connectivity index (χ2v) is 4.38. The van der Waals surface area contributed by atoms with E-state index in [1.54, 1.807) is 6.07 Å². The lowest BCUT2D eigenvalue weighted by Gasteiger charge is -2.10. The van der Waals surface area contributed by atoms with Crippen LogP contribution in [0, 0.1) is 3.57 Å². The van der Waals surface area contributed by atoms with Crippen molar-refractivity contribution in [1.29, 1.82) is 0 Å². The summed E-state index contributed by atoms with van der Waals surface area (Å²) in [5.74, 6) is -0.519. The van der Waals surface area contributed by atoms with E-state index in [4.69, 9.17) is 5.73 Å². The molecule has 0 bridgehead atoms. The normalized spacial score (nSPS) is 10.7. The number of alkyl halides is 2. The van der Waals surface area contributed by atoms with E-state index in [0.717, 1.165) is 0 Å². The minimum absolute atomic E-state index is 0.0105. The molecule has 0 atom stereocenters. The van der Waals surface area contributed by atoms with Gasteiger partial charge in [-0.2, -0.15) is 0 Å². The summed E-state index contributed by atoms with van der Waals surface area (Å²) < 4.78 is 30.5. The highest BCUT2D eigenvalue weighted by Crippen LogP contribution is 2.25. The van der Waals surface area contributed by atoms with E-state index < -0.39 is 12.4 Å². The van der Waals surface area contributed by atoms with Crippen LogP contribution in [0.3, 0.4) is 0 Å². The molecule has 94 valence electrons. The number of hydrogen-bond acceptors (Lipinski definition) is 4. The molecule has 17 heavy (non-hydrogen) atoms. The maximum Gasteiger partial charge on any atom is 0.311 e. The molecule has 0 unspecified atom stereocenters. The van der Waals surface area contributed by atoms with Gasteiger partial charge < -0.3 is 10.5 Å². The van der Waals surface area contributed by atoms with Gasteiger partial charge in [0.25, 0.3) is 6.43 Å². The fourth-order valence-corrected chi connectivity index (χ4v) is 2.16. The first-order chi connectivity index (χ1) is 7.99. The predicted octanol–water partition coefficient (Wildman–Crippen LogP) is 1.80. The Hall–Kier alpha value is -0.830. The van der Waals surface area contributed by atoms with Gasteiger partial charge in [-0.25, -0.2) is 8.78 Å². The highest BCUT2D eigenvalue weighted by molar-refractivity contribution is 14.1. The average molecular weight is 356 g/mol. The zero-order chi connectivity index (χ0) is 13.0. The highest BCUT2D eigenvalue weighted by atomic mass is 127. The number of nitrogens with two attached hydrogens (primary N) is 1. The van der Waals surface area contributed by atoms with Crippen LogP contribution in [-0.4, -0.2) is 18.1 Å². The predicted molar refractivity (Wildman–Crippen MR) is 65.5 cm³/mol. The molecule has 0 aliphatic heterocycles. The van der Waals surface area contributed by atoms with Crippen molar-refractivity contribution in [3.8, 4) is 0 Å². The summed E-state index contributed by atoms with van der Waals surface area (Å²) >= 11 is 1.90. The van der Waals surface area contributed by atoms with Crippen LogP contribution >= 0.6 is 22.6 Å². The van der Waals surface area contributed by atoms with Crippen LogP contribution in [0.15, 0.2) is 6.07 Å². The first kappa shape index (κ1) is 14.2. The second kappa shape index (κ2) is 6.20. The number of hydrogen-bond donors (Lipinski definition) is 1. The maximum atomic E-state index is 12.8. The molecule has 1 aromatic heterocycles. The number of methoxy groups -OCH3 is 1. The quantitative estimate of drug-likeness (QED) is 0.660. The fraction of sp³-hybridized carbons (Fsp3) is 0.400. The fourth-order valence-electron chi connectivity index (χ4n) is 1.30. The van der Waals surface area contributed by atoms with Gasteiger partial charge in [0.15, 0.2) is 0 Å². The van der Waals surface area contributed by atoms with Crippen molar-refractivity contribution in [2.45, 2.75) is 19.4 Å². The molecule has 4 nitrogen and oxygen atoms in total. The molecule has 0 fully saturated rings. The van der Waals surface area contributed by atoms with Gasteiger partial charge in [0, 0.05) is 15.7 Å². The molecule has 0 aliphatic carbocycles. The number of nitrogens with zero attached hydrogens (tertiary/aromatic N) is 1. The van der Waals surface area contributed by atoms with E-state index in [2.05, 4.69) is 9.72 Å². The van der Waals surface area contributed by atoms with Gasteiger partial charge in [-0.3, -0.25) is 9.78 Å². The van der Waals surface area contributed by atoms with Crippen molar-refractivity contribution in [3.63, 3.8) is 0 Å². The van der Waals surface area contributed by atoms with E-state index in [-0.39, 0.29) is 24.4 Å². The lowest BCUT2D eigenvalue weighted by atomic mass is 10.1. The molecule has 0 saturated heterocycles. The largest absolute Gasteiger partial charge is 0.469 e. The molecule has 2 N–H and O–H groups in total. The number of halogens is 3. The van der Waals surface area contributed by atoms with E-state index in [9.17, 15) is 13.6 Å². The van der Waals surface area contributed by atoms with Gasteiger partial charge in [-0.1, -0.05) is 0 Å². The van der Waals surface area contributed by atoms with Crippen molar-refractivity contribution >= 4 is 28.6 Å². The van der Waals surface area contributed by atoms with Crippen LogP contribution in [0.2, 0.25) is 0 Å². The summed E-state index contributed by atoms with van der Waals surface area (Å²) in [7, 11) is 1.23. The number of carbonyl (C=O) groups is 1. The number of carbonyl (C=O) groups excluding carboxylic acids is 1.